The van der Waals surface area contributed by atoms with E-state index in [2.05, 4.69) is 20.8 Å². The van der Waals surface area contributed by atoms with Crippen molar-refractivity contribution in [1.29, 1.82) is 0 Å². The van der Waals surface area contributed by atoms with Gasteiger partial charge in [0.25, 0.3) is 0 Å². The zero-order chi connectivity index (χ0) is 21.1. The second kappa shape index (κ2) is 8.65. The number of aromatic nitrogens is 4. The Bertz CT molecular complexity index is 945. The van der Waals surface area contributed by atoms with Crippen molar-refractivity contribution in [2.45, 2.75) is 57.2 Å². The van der Waals surface area contributed by atoms with E-state index in [1.807, 2.05) is 39.0 Å². The van der Waals surface area contributed by atoms with Crippen LogP contribution in [0.4, 0.5) is 4.39 Å². The molecule has 1 aliphatic rings. The Morgan fingerprint density at radius 2 is 2.07 bits per heavy atom. The van der Waals surface area contributed by atoms with Crippen LogP contribution < -0.4 is 5.32 Å². The molecule has 3 unspecified atom stereocenters. The van der Waals surface area contributed by atoms with Crippen molar-refractivity contribution in [2.24, 2.45) is 0 Å². The molecule has 3 aromatic rings. The van der Waals surface area contributed by atoms with Gasteiger partial charge in [0.2, 0.25) is 0 Å². The monoisotopic (exact) mass is 413 g/mol. The third kappa shape index (κ3) is 4.29. The lowest BCUT2D eigenvalue weighted by molar-refractivity contribution is 0.105. The lowest BCUT2D eigenvalue weighted by Gasteiger charge is -2.30. The van der Waals surface area contributed by atoms with E-state index in [4.69, 9.17) is 9.15 Å². The number of rotatable bonds is 7. The highest BCUT2D eigenvalue weighted by Crippen LogP contribution is 2.38. The van der Waals surface area contributed by atoms with E-state index in [-0.39, 0.29) is 23.5 Å². The molecule has 3 heterocycles. The van der Waals surface area contributed by atoms with Crippen LogP contribution in [0.1, 0.15) is 62.7 Å². The van der Waals surface area contributed by atoms with E-state index < -0.39 is 5.92 Å². The Hall–Kier alpha value is -2.58. The summed E-state index contributed by atoms with van der Waals surface area (Å²) in [6.07, 6.45) is 3.81. The summed E-state index contributed by atoms with van der Waals surface area (Å²) in [5.41, 5.74) is 0.143. The minimum absolute atomic E-state index is 0.127. The van der Waals surface area contributed by atoms with E-state index in [9.17, 15) is 0 Å². The SMILES string of the molecule is CC(C)(C)n1nnnc1C(c1ccccc1F)C(NCC1CCCO1)c1ccco1. The zero-order valence-electron chi connectivity index (χ0n) is 17.6. The second-order valence-electron chi connectivity index (χ2n) is 8.66. The standard InChI is InChI=1S/C22H28FN5O2/c1-22(2,3)28-21(25-26-27-28)19(16-9-4-5-10-17(16)23)20(18-11-7-13-30-18)24-14-15-8-6-12-29-15/h4-5,7,9-11,13,15,19-20,24H,6,8,12,14H2,1-3H3. The topological polar surface area (TPSA) is 78.0 Å². The number of ether oxygens (including phenoxy) is 1. The molecule has 7 nitrogen and oxygen atoms in total. The van der Waals surface area contributed by atoms with Crippen LogP contribution in [0.3, 0.4) is 0 Å². The van der Waals surface area contributed by atoms with Crippen molar-refractivity contribution in [3.63, 3.8) is 0 Å². The van der Waals surface area contributed by atoms with E-state index in [1.54, 1.807) is 23.1 Å². The molecule has 2 aromatic heterocycles. The molecule has 0 spiro atoms. The molecule has 0 bridgehead atoms. The van der Waals surface area contributed by atoms with Crippen LogP contribution >= 0.6 is 0 Å². The fraction of sp³-hybridized carbons (Fsp3) is 0.500. The Balaban J connectivity index is 1.80. The summed E-state index contributed by atoms with van der Waals surface area (Å²) in [7, 11) is 0. The van der Waals surface area contributed by atoms with Gasteiger partial charge in [-0.1, -0.05) is 18.2 Å². The van der Waals surface area contributed by atoms with Gasteiger partial charge in [-0.3, -0.25) is 0 Å². The third-order valence-electron chi connectivity index (χ3n) is 5.42. The van der Waals surface area contributed by atoms with E-state index in [0.29, 0.717) is 23.7 Å². The van der Waals surface area contributed by atoms with Gasteiger partial charge in [-0.15, -0.1) is 5.10 Å². The maximum Gasteiger partial charge on any atom is 0.161 e. The van der Waals surface area contributed by atoms with Crippen LogP contribution in [0.2, 0.25) is 0 Å². The van der Waals surface area contributed by atoms with Gasteiger partial charge in [-0.25, -0.2) is 9.07 Å². The average molecular weight is 413 g/mol. The first-order valence-electron chi connectivity index (χ1n) is 10.4. The van der Waals surface area contributed by atoms with Crippen LogP contribution in [0.15, 0.2) is 47.1 Å². The van der Waals surface area contributed by atoms with Gasteiger partial charge in [0.05, 0.1) is 29.9 Å². The number of tetrazole rings is 1. The van der Waals surface area contributed by atoms with Crippen molar-refractivity contribution in [1.82, 2.24) is 25.5 Å². The van der Waals surface area contributed by atoms with E-state index in [0.717, 1.165) is 19.4 Å². The normalized spacial score (nSPS) is 19.1. The van der Waals surface area contributed by atoms with E-state index >= 15 is 4.39 Å². The highest BCUT2D eigenvalue weighted by molar-refractivity contribution is 5.31. The number of nitrogens with zero attached hydrogens (tertiary/aromatic N) is 4. The number of halogens is 1. The molecular weight excluding hydrogens is 385 g/mol. The molecule has 3 atom stereocenters. The minimum atomic E-state index is -0.493. The highest BCUT2D eigenvalue weighted by Gasteiger charge is 2.37. The molecule has 1 N–H and O–H groups in total. The summed E-state index contributed by atoms with van der Waals surface area (Å²) < 4.78 is 28.4. The molecule has 30 heavy (non-hydrogen) atoms. The summed E-state index contributed by atoms with van der Waals surface area (Å²) >= 11 is 0. The van der Waals surface area contributed by atoms with Gasteiger partial charge in [-0.2, -0.15) is 0 Å². The van der Waals surface area contributed by atoms with Crippen LogP contribution in [-0.2, 0) is 10.3 Å². The van der Waals surface area contributed by atoms with E-state index in [1.165, 1.54) is 6.07 Å². The highest BCUT2D eigenvalue weighted by atomic mass is 19.1. The van der Waals surface area contributed by atoms with Gasteiger partial charge in [0.1, 0.15) is 11.6 Å². The van der Waals surface area contributed by atoms with Crippen molar-refractivity contribution in [3.05, 3.63) is 65.6 Å². The minimum Gasteiger partial charge on any atom is -0.468 e. The maximum absolute atomic E-state index is 15.0. The quantitative estimate of drug-likeness (QED) is 0.635. The van der Waals surface area contributed by atoms with Gasteiger partial charge in [-0.05, 0) is 62.2 Å². The summed E-state index contributed by atoms with van der Waals surface area (Å²) in [5, 5.41) is 16.0. The predicted octanol–water partition coefficient (Wildman–Crippen LogP) is 3.80. The number of hydrogen-bond donors (Lipinski definition) is 1. The fourth-order valence-electron chi connectivity index (χ4n) is 3.98. The lowest BCUT2D eigenvalue weighted by Crippen LogP contribution is -2.36. The number of hydrogen-bond acceptors (Lipinski definition) is 6. The van der Waals surface area contributed by atoms with Gasteiger partial charge in [0, 0.05) is 18.7 Å². The second-order valence-corrected chi connectivity index (χ2v) is 8.66. The molecule has 1 aromatic carbocycles. The average Bonchev–Trinajstić information content (AvgIpc) is 3.48. The molecule has 0 aliphatic carbocycles. The molecule has 0 radical (unpaired) electrons. The number of nitrogens with one attached hydrogen (secondary N) is 1. The first kappa shape index (κ1) is 20.7. The fourth-order valence-corrected chi connectivity index (χ4v) is 3.98. The van der Waals surface area contributed by atoms with Crippen LogP contribution in [0.25, 0.3) is 0 Å². The largest absolute Gasteiger partial charge is 0.468 e. The van der Waals surface area contributed by atoms with Crippen molar-refractivity contribution < 1.29 is 13.5 Å². The van der Waals surface area contributed by atoms with Gasteiger partial charge in [0.15, 0.2) is 5.82 Å². The number of furan rings is 1. The predicted molar refractivity (Wildman–Crippen MR) is 109 cm³/mol. The number of benzene rings is 1. The molecule has 4 rings (SSSR count). The van der Waals surface area contributed by atoms with Crippen LogP contribution in [-0.4, -0.2) is 39.5 Å². The first-order chi connectivity index (χ1) is 14.4. The molecule has 1 aliphatic heterocycles. The van der Waals surface area contributed by atoms with Crippen molar-refractivity contribution >= 4 is 0 Å². The summed E-state index contributed by atoms with van der Waals surface area (Å²) in [6.45, 7) is 7.47. The Morgan fingerprint density at radius 1 is 1.23 bits per heavy atom. The summed E-state index contributed by atoms with van der Waals surface area (Å²) in [5.74, 6) is 0.480. The first-order valence-corrected chi connectivity index (χ1v) is 10.4. The zero-order valence-corrected chi connectivity index (χ0v) is 17.6. The van der Waals surface area contributed by atoms with Gasteiger partial charge >= 0.3 is 0 Å². The van der Waals surface area contributed by atoms with Gasteiger partial charge < -0.3 is 14.5 Å². The molecule has 1 fully saturated rings. The lowest BCUT2D eigenvalue weighted by atomic mass is 9.87. The Labute approximate surface area is 175 Å². The third-order valence-corrected chi connectivity index (χ3v) is 5.42. The smallest absolute Gasteiger partial charge is 0.161 e. The summed E-state index contributed by atoms with van der Waals surface area (Å²) in [6, 6.07) is 10.1. The Morgan fingerprint density at radius 3 is 2.73 bits per heavy atom. The van der Waals surface area contributed by atoms with Crippen molar-refractivity contribution in [3.8, 4) is 0 Å². The Kier molecular flexibility index (Phi) is 5.97. The molecular formula is C22H28FN5O2. The van der Waals surface area contributed by atoms with Crippen molar-refractivity contribution in [2.75, 3.05) is 13.2 Å². The molecule has 0 saturated carbocycles. The molecule has 8 heteroatoms. The molecule has 0 amide bonds. The molecule has 1 saturated heterocycles. The summed E-state index contributed by atoms with van der Waals surface area (Å²) in [4.78, 5) is 0. The maximum atomic E-state index is 15.0. The molecule has 160 valence electrons. The van der Waals surface area contributed by atoms with Crippen LogP contribution in [0, 0.1) is 5.82 Å². The van der Waals surface area contributed by atoms with Crippen LogP contribution in [0.5, 0.6) is 0 Å².